The number of aliphatic hydroxyl groups is 1. The maximum Gasteiger partial charge on any atom is 0.335 e. The molecule has 0 aromatic heterocycles. The van der Waals surface area contributed by atoms with Crippen LogP contribution in [0.2, 0.25) is 0 Å². The number of aromatic carboxylic acids is 1. The lowest BCUT2D eigenvalue weighted by atomic mass is 10.0. The van der Waals surface area contributed by atoms with Gasteiger partial charge in [0.05, 0.1) is 24.6 Å². The van der Waals surface area contributed by atoms with Crippen LogP contribution in [0.5, 0.6) is 0 Å². The van der Waals surface area contributed by atoms with Crippen LogP contribution in [0.4, 0.5) is 0 Å². The van der Waals surface area contributed by atoms with Gasteiger partial charge >= 0.3 is 5.97 Å². The molecule has 0 saturated heterocycles. The van der Waals surface area contributed by atoms with Crippen molar-refractivity contribution in [2.24, 2.45) is 0 Å². The summed E-state index contributed by atoms with van der Waals surface area (Å²) in [4.78, 5) is 23.0. The second kappa shape index (κ2) is 8.29. The van der Waals surface area contributed by atoms with Crippen molar-refractivity contribution >= 4 is 11.9 Å². The molecule has 20 heavy (non-hydrogen) atoms. The van der Waals surface area contributed by atoms with E-state index in [1.165, 1.54) is 13.2 Å². The Labute approximate surface area is 117 Å². The second-order valence-corrected chi connectivity index (χ2v) is 4.37. The Morgan fingerprint density at radius 3 is 2.65 bits per heavy atom. The van der Waals surface area contributed by atoms with Crippen molar-refractivity contribution in [1.29, 1.82) is 0 Å². The van der Waals surface area contributed by atoms with E-state index in [2.05, 4.69) is 5.32 Å². The number of carboxylic acids is 1. The lowest BCUT2D eigenvalue weighted by molar-refractivity contribution is -0.121. The molecule has 6 nitrogen and oxygen atoms in total. The molecule has 1 rings (SSSR count). The molecule has 1 amide bonds. The van der Waals surface area contributed by atoms with Gasteiger partial charge in [0.1, 0.15) is 0 Å². The van der Waals surface area contributed by atoms with E-state index < -0.39 is 5.97 Å². The van der Waals surface area contributed by atoms with Crippen LogP contribution < -0.4 is 5.32 Å². The molecule has 1 unspecified atom stereocenters. The Morgan fingerprint density at radius 2 is 2.05 bits per heavy atom. The van der Waals surface area contributed by atoms with Crippen LogP contribution >= 0.6 is 0 Å². The fourth-order valence-corrected chi connectivity index (χ4v) is 1.89. The molecule has 0 spiro atoms. The first-order valence-electron chi connectivity index (χ1n) is 6.28. The van der Waals surface area contributed by atoms with Crippen molar-refractivity contribution < 1.29 is 24.5 Å². The van der Waals surface area contributed by atoms with Gasteiger partial charge in [0.15, 0.2) is 0 Å². The number of hydrogen-bond acceptors (Lipinski definition) is 4. The quantitative estimate of drug-likeness (QED) is 0.642. The highest BCUT2D eigenvalue weighted by Gasteiger charge is 2.15. The summed E-state index contributed by atoms with van der Waals surface area (Å²) in [5.74, 6) is -1.36. The highest BCUT2D eigenvalue weighted by Crippen LogP contribution is 2.09. The average Bonchev–Trinajstić information content (AvgIpc) is 2.39. The molecule has 1 aromatic rings. The van der Waals surface area contributed by atoms with Crippen LogP contribution in [-0.2, 0) is 16.0 Å². The lowest BCUT2D eigenvalue weighted by Crippen LogP contribution is -2.39. The van der Waals surface area contributed by atoms with Gasteiger partial charge in [0, 0.05) is 13.7 Å². The lowest BCUT2D eigenvalue weighted by Gasteiger charge is -2.17. The minimum absolute atomic E-state index is 0.0197. The van der Waals surface area contributed by atoms with Crippen molar-refractivity contribution in [3.8, 4) is 0 Å². The average molecular weight is 281 g/mol. The summed E-state index contributed by atoms with van der Waals surface area (Å²) in [5, 5.41) is 20.7. The van der Waals surface area contributed by atoms with E-state index in [0.717, 1.165) is 0 Å². The zero-order valence-corrected chi connectivity index (χ0v) is 11.3. The Morgan fingerprint density at radius 1 is 1.35 bits per heavy atom. The zero-order valence-electron chi connectivity index (χ0n) is 11.3. The number of ether oxygens (including phenoxy) is 1. The van der Waals surface area contributed by atoms with Crippen LogP contribution in [-0.4, -0.2) is 48.5 Å². The molecule has 110 valence electrons. The molecular formula is C14H19NO5. The minimum Gasteiger partial charge on any atom is -0.478 e. The van der Waals surface area contributed by atoms with Gasteiger partial charge in [0.2, 0.25) is 5.91 Å². The third-order valence-electron chi connectivity index (χ3n) is 2.81. The second-order valence-electron chi connectivity index (χ2n) is 4.37. The summed E-state index contributed by atoms with van der Waals surface area (Å²) in [6.07, 6.45) is 0.369. The number of rotatable bonds is 8. The molecule has 6 heteroatoms. The van der Waals surface area contributed by atoms with Crippen molar-refractivity contribution in [2.45, 2.75) is 18.9 Å². The highest BCUT2D eigenvalue weighted by atomic mass is 16.5. The Bertz CT molecular complexity index is 455. The van der Waals surface area contributed by atoms with Gasteiger partial charge in [-0.05, 0) is 18.1 Å². The molecule has 0 fully saturated rings. The van der Waals surface area contributed by atoms with E-state index in [0.29, 0.717) is 18.6 Å². The number of nitrogens with one attached hydrogen (secondary N) is 1. The topological polar surface area (TPSA) is 95.9 Å². The number of aliphatic hydroxyl groups excluding tert-OH is 1. The van der Waals surface area contributed by atoms with E-state index in [1.807, 2.05) is 0 Å². The molecule has 1 aromatic carbocycles. The third-order valence-corrected chi connectivity index (χ3v) is 2.81. The molecule has 0 aliphatic rings. The van der Waals surface area contributed by atoms with E-state index in [1.54, 1.807) is 18.2 Å². The van der Waals surface area contributed by atoms with Crippen LogP contribution in [0.25, 0.3) is 0 Å². The molecule has 0 aliphatic carbocycles. The smallest absolute Gasteiger partial charge is 0.335 e. The predicted octanol–water partition coefficient (Wildman–Crippen LogP) is 0.441. The van der Waals surface area contributed by atoms with Gasteiger partial charge in [-0.1, -0.05) is 18.2 Å². The third kappa shape index (κ3) is 4.99. The summed E-state index contributed by atoms with van der Waals surface area (Å²) in [6, 6.07) is 6.10. The molecular weight excluding hydrogens is 262 g/mol. The van der Waals surface area contributed by atoms with Gasteiger partial charge in [-0.3, -0.25) is 4.79 Å². The molecule has 0 radical (unpaired) electrons. The van der Waals surface area contributed by atoms with E-state index in [9.17, 15) is 9.59 Å². The zero-order chi connectivity index (χ0) is 15.0. The fraction of sp³-hybridized carbons (Fsp3) is 0.429. The molecule has 0 heterocycles. The minimum atomic E-state index is -1.06. The Balaban J connectivity index is 2.68. The van der Waals surface area contributed by atoms with Crippen molar-refractivity contribution in [3.05, 3.63) is 35.4 Å². The number of amides is 1. The molecule has 0 bridgehead atoms. The standard InChI is InChI=1S/C14H19NO5/c1-20-9-11(6-7-16)15-13(17)8-10-4-2-3-5-12(10)14(18)19/h2-5,11,16H,6-9H2,1H3,(H,15,17)(H,18,19). The summed E-state index contributed by atoms with van der Waals surface area (Å²) in [5.41, 5.74) is 0.575. The van der Waals surface area contributed by atoms with Crippen LogP contribution in [0.15, 0.2) is 24.3 Å². The highest BCUT2D eigenvalue weighted by molar-refractivity contribution is 5.91. The molecule has 1 atom stereocenters. The van der Waals surface area contributed by atoms with E-state index in [4.69, 9.17) is 14.9 Å². The monoisotopic (exact) mass is 281 g/mol. The van der Waals surface area contributed by atoms with Gasteiger partial charge < -0.3 is 20.3 Å². The fourth-order valence-electron chi connectivity index (χ4n) is 1.89. The number of benzene rings is 1. The Kier molecular flexibility index (Phi) is 6.69. The summed E-state index contributed by atoms with van der Waals surface area (Å²) >= 11 is 0. The van der Waals surface area contributed by atoms with Crippen molar-refractivity contribution in [2.75, 3.05) is 20.3 Å². The maximum absolute atomic E-state index is 11.9. The van der Waals surface area contributed by atoms with Gasteiger partial charge in [0.25, 0.3) is 0 Å². The number of carbonyl (C=O) groups is 2. The van der Waals surface area contributed by atoms with E-state index >= 15 is 0 Å². The van der Waals surface area contributed by atoms with E-state index in [-0.39, 0.29) is 30.5 Å². The maximum atomic E-state index is 11.9. The first kappa shape index (κ1) is 16.1. The SMILES string of the molecule is COCC(CCO)NC(=O)Cc1ccccc1C(=O)O. The molecule has 0 aliphatic heterocycles. The van der Waals surface area contributed by atoms with Crippen LogP contribution in [0.1, 0.15) is 22.3 Å². The molecule has 0 saturated carbocycles. The largest absolute Gasteiger partial charge is 0.478 e. The Hall–Kier alpha value is -1.92. The summed E-state index contributed by atoms with van der Waals surface area (Å²) in [6.45, 7) is 0.243. The molecule has 3 N–H and O–H groups in total. The van der Waals surface area contributed by atoms with Crippen LogP contribution in [0.3, 0.4) is 0 Å². The predicted molar refractivity (Wildman–Crippen MR) is 72.6 cm³/mol. The number of hydrogen-bond donors (Lipinski definition) is 3. The van der Waals surface area contributed by atoms with Gasteiger partial charge in [-0.25, -0.2) is 4.79 Å². The number of carboxylic acid groups (broad SMARTS) is 1. The van der Waals surface area contributed by atoms with Crippen molar-refractivity contribution in [3.63, 3.8) is 0 Å². The number of carbonyl (C=O) groups excluding carboxylic acids is 1. The first-order chi connectivity index (χ1) is 9.58. The summed E-state index contributed by atoms with van der Waals surface area (Å²) < 4.78 is 4.95. The normalized spacial score (nSPS) is 11.9. The summed E-state index contributed by atoms with van der Waals surface area (Å²) in [7, 11) is 1.51. The number of methoxy groups -OCH3 is 1. The van der Waals surface area contributed by atoms with Gasteiger partial charge in [-0.2, -0.15) is 0 Å². The van der Waals surface area contributed by atoms with Crippen molar-refractivity contribution in [1.82, 2.24) is 5.32 Å². The first-order valence-corrected chi connectivity index (χ1v) is 6.28. The van der Waals surface area contributed by atoms with Crippen LogP contribution in [0, 0.1) is 0 Å². The van der Waals surface area contributed by atoms with Gasteiger partial charge in [-0.15, -0.1) is 0 Å².